The van der Waals surface area contributed by atoms with Crippen LogP contribution in [0, 0.1) is 10.1 Å². The Morgan fingerprint density at radius 3 is 2.44 bits per heavy atom. The van der Waals surface area contributed by atoms with Crippen molar-refractivity contribution in [1.29, 1.82) is 0 Å². The second-order valence-corrected chi connectivity index (χ2v) is 9.20. The normalized spacial score (nSPS) is 23.2. The van der Waals surface area contributed by atoms with Gasteiger partial charge in [0.05, 0.1) is 30.4 Å². The van der Waals surface area contributed by atoms with Crippen LogP contribution < -0.4 is 5.32 Å². The highest BCUT2D eigenvalue weighted by Gasteiger charge is 2.46. The fourth-order valence-corrected chi connectivity index (χ4v) is 4.19. The molecule has 2 aliphatic rings. The molecular weight excluding hydrogens is 448 g/mol. The number of hydrogen-bond acceptors (Lipinski definition) is 9. The van der Waals surface area contributed by atoms with E-state index >= 15 is 0 Å². The lowest BCUT2D eigenvalue weighted by Crippen LogP contribution is -2.48. The first kappa shape index (κ1) is 23.4. The molecule has 1 aromatic carbocycles. The predicted octanol–water partition coefficient (Wildman–Crippen LogP) is 0.591. The summed E-state index contributed by atoms with van der Waals surface area (Å²) in [5, 5.41) is 13.3. The van der Waals surface area contributed by atoms with Crippen LogP contribution in [0.2, 0.25) is 0 Å². The highest BCUT2D eigenvalue weighted by Crippen LogP contribution is 2.26. The maximum atomic E-state index is 13.0. The van der Waals surface area contributed by atoms with Gasteiger partial charge in [0.1, 0.15) is 12.6 Å². The van der Waals surface area contributed by atoms with Crippen molar-refractivity contribution in [2.45, 2.75) is 38.1 Å². The number of carbonyl (C=O) groups excluding carboxylic acids is 3. The number of likely N-dealkylation sites (tertiary alicyclic amines) is 1. The Hall–Kier alpha value is -3.26. The van der Waals surface area contributed by atoms with Crippen LogP contribution in [-0.2, 0) is 30.4 Å². The molecule has 1 aromatic rings. The number of hydrogen-bond donors (Lipinski definition) is 1. The number of nitrogens with zero attached hydrogens (tertiary/aromatic N) is 3. The second-order valence-electron chi connectivity index (χ2n) is 7.60. The molecule has 32 heavy (non-hydrogen) atoms. The second kappa shape index (κ2) is 9.08. The molecule has 0 saturated carbocycles. The van der Waals surface area contributed by atoms with Crippen molar-refractivity contribution >= 4 is 33.8 Å². The van der Waals surface area contributed by atoms with Crippen LogP contribution in [-0.4, -0.2) is 78.7 Å². The van der Waals surface area contributed by atoms with Gasteiger partial charge in [0.2, 0.25) is 0 Å². The van der Waals surface area contributed by atoms with E-state index in [1.165, 1.54) is 24.3 Å². The van der Waals surface area contributed by atoms with Crippen LogP contribution in [0.5, 0.6) is 0 Å². The van der Waals surface area contributed by atoms with Crippen molar-refractivity contribution < 1.29 is 36.6 Å². The van der Waals surface area contributed by atoms with Crippen LogP contribution in [0.4, 0.5) is 15.3 Å². The number of nitro groups is 1. The predicted molar refractivity (Wildman–Crippen MR) is 108 cm³/mol. The summed E-state index contributed by atoms with van der Waals surface area (Å²) >= 11 is 0. The van der Waals surface area contributed by atoms with Gasteiger partial charge in [-0.2, -0.15) is 8.42 Å². The summed E-state index contributed by atoms with van der Waals surface area (Å²) in [5.41, 5.74) is 0.354. The first-order valence-electron chi connectivity index (χ1n) is 9.61. The third-order valence-corrected chi connectivity index (χ3v) is 5.56. The number of amides is 4. The van der Waals surface area contributed by atoms with E-state index < -0.39 is 45.2 Å². The zero-order valence-electron chi connectivity index (χ0n) is 17.3. The molecule has 2 saturated heterocycles. The van der Waals surface area contributed by atoms with Crippen molar-refractivity contribution in [2.75, 3.05) is 19.3 Å². The minimum Gasteiger partial charge on any atom is -0.445 e. The molecule has 13 nitrogen and oxygen atoms in total. The van der Waals surface area contributed by atoms with E-state index in [-0.39, 0.29) is 37.8 Å². The molecule has 3 atom stereocenters. The molecule has 2 heterocycles. The lowest BCUT2D eigenvalue weighted by atomic mass is 10.1. The summed E-state index contributed by atoms with van der Waals surface area (Å²) < 4.78 is 33.2. The Morgan fingerprint density at radius 2 is 1.91 bits per heavy atom. The summed E-state index contributed by atoms with van der Waals surface area (Å²) in [6.07, 6.45) is -1.16. The fourth-order valence-electron chi connectivity index (χ4n) is 3.55. The number of nitrogens with one attached hydrogen (secondary N) is 1. The lowest BCUT2D eigenvalue weighted by Gasteiger charge is -2.25. The van der Waals surface area contributed by atoms with Gasteiger partial charge in [-0.05, 0) is 24.6 Å². The molecule has 0 aromatic heterocycles. The SMILES string of the molecule is C[C@@H]1CN(C(=O)[C@@H]2C[C@@H](OS(C)(=O)=O)CN2C(=O)OCc2ccc([N+](=O)[O-])cc2)C(=O)N1. The number of rotatable bonds is 6. The molecule has 174 valence electrons. The van der Waals surface area contributed by atoms with Gasteiger partial charge in [-0.15, -0.1) is 0 Å². The van der Waals surface area contributed by atoms with Crippen LogP contribution in [0.15, 0.2) is 24.3 Å². The summed E-state index contributed by atoms with van der Waals surface area (Å²) in [7, 11) is -3.85. The fraction of sp³-hybridized carbons (Fsp3) is 0.500. The Bertz CT molecular complexity index is 1030. The molecular formula is C18H22N4O9S. The number of benzene rings is 1. The third-order valence-electron chi connectivity index (χ3n) is 4.94. The summed E-state index contributed by atoms with van der Waals surface area (Å²) in [4.78, 5) is 49.9. The Kier molecular flexibility index (Phi) is 6.64. The highest BCUT2D eigenvalue weighted by molar-refractivity contribution is 7.86. The monoisotopic (exact) mass is 470 g/mol. The molecule has 4 amide bonds. The van der Waals surface area contributed by atoms with Crippen LogP contribution in [0.25, 0.3) is 0 Å². The van der Waals surface area contributed by atoms with Crippen molar-refractivity contribution in [1.82, 2.24) is 15.1 Å². The van der Waals surface area contributed by atoms with Crippen molar-refractivity contribution in [3.63, 3.8) is 0 Å². The number of urea groups is 1. The van der Waals surface area contributed by atoms with Gasteiger partial charge in [0, 0.05) is 24.6 Å². The molecule has 0 radical (unpaired) electrons. The third kappa shape index (κ3) is 5.50. The molecule has 1 N–H and O–H groups in total. The first-order valence-corrected chi connectivity index (χ1v) is 11.4. The van der Waals surface area contributed by atoms with E-state index in [2.05, 4.69) is 5.32 Å². The summed E-state index contributed by atoms with van der Waals surface area (Å²) in [6, 6.07) is 3.34. The lowest BCUT2D eigenvalue weighted by molar-refractivity contribution is -0.384. The highest BCUT2D eigenvalue weighted by atomic mass is 32.2. The van der Waals surface area contributed by atoms with Crippen molar-refractivity contribution in [3.05, 3.63) is 39.9 Å². The van der Waals surface area contributed by atoms with Gasteiger partial charge in [-0.1, -0.05) is 0 Å². The van der Waals surface area contributed by atoms with Crippen LogP contribution in [0.3, 0.4) is 0 Å². The summed E-state index contributed by atoms with van der Waals surface area (Å²) in [5.74, 6) is -0.668. The molecule has 14 heteroatoms. The average molecular weight is 470 g/mol. The van der Waals surface area contributed by atoms with Gasteiger partial charge in [0.15, 0.2) is 0 Å². The number of carbonyl (C=O) groups is 3. The van der Waals surface area contributed by atoms with Gasteiger partial charge >= 0.3 is 12.1 Å². The quantitative estimate of drug-likeness (QED) is 0.356. The zero-order valence-corrected chi connectivity index (χ0v) is 18.1. The number of ether oxygens (including phenoxy) is 1. The van der Waals surface area contributed by atoms with Gasteiger partial charge in [-0.25, -0.2) is 9.59 Å². The zero-order chi connectivity index (χ0) is 23.6. The molecule has 0 bridgehead atoms. The van der Waals surface area contributed by atoms with Crippen LogP contribution >= 0.6 is 0 Å². The topological polar surface area (TPSA) is 165 Å². The first-order chi connectivity index (χ1) is 14.9. The average Bonchev–Trinajstić information content (AvgIpc) is 3.27. The van der Waals surface area contributed by atoms with Crippen LogP contribution in [0.1, 0.15) is 18.9 Å². The van der Waals surface area contributed by atoms with Gasteiger partial charge in [-0.3, -0.25) is 28.9 Å². The van der Waals surface area contributed by atoms with Gasteiger partial charge in [0.25, 0.3) is 21.7 Å². The molecule has 0 unspecified atom stereocenters. The Balaban J connectivity index is 1.72. The molecule has 0 spiro atoms. The number of nitro benzene ring substituents is 1. The van der Waals surface area contributed by atoms with Gasteiger partial charge < -0.3 is 10.1 Å². The van der Waals surface area contributed by atoms with Crippen molar-refractivity contribution in [3.8, 4) is 0 Å². The molecule has 3 rings (SSSR count). The standard InChI is InChI=1S/C18H22N4O9S/c1-11-8-21(17(24)19-11)16(23)15-7-14(31-32(2,28)29)9-20(15)18(25)30-10-12-3-5-13(6-4-12)22(26)27/h3-6,11,14-15H,7-10H2,1-2H3,(H,19,24)/t11-,14-,15+/m1/s1. The van der Waals surface area contributed by atoms with E-state index in [0.29, 0.717) is 5.56 Å². The largest absolute Gasteiger partial charge is 0.445 e. The molecule has 2 fully saturated rings. The smallest absolute Gasteiger partial charge is 0.410 e. The molecule has 0 aliphatic carbocycles. The summed E-state index contributed by atoms with van der Waals surface area (Å²) in [6.45, 7) is 1.36. The van der Waals surface area contributed by atoms with E-state index in [0.717, 1.165) is 16.1 Å². The maximum Gasteiger partial charge on any atom is 0.410 e. The van der Waals surface area contributed by atoms with E-state index in [4.69, 9.17) is 8.92 Å². The number of non-ortho nitro benzene ring substituents is 1. The Morgan fingerprint density at radius 1 is 1.25 bits per heavy atom. The van der Waals surface area contributed by atoms with Crippen molar-refractivity contribution in [2.24, 2.45) is 0 Å². The Labute approximate surface area is 183 Å². The maximum absolute atomic E-state index is 13.0. The number of imide groups is 1. The minimum atomic E-state index is -3.85. The minimum absolute atomic E-state index is 0.109. The van der Waals surface area contributed by atoms with E-state index in [9.17, 15) is 32.9 Å². The molecule has 2 aliphatic heterocycles. The van der Waals surface area contributed by atoms with E-state index in [1.807, 2.05) is 0 Å². The van der Waals surface area contributed by atoms with E-state index in [1.54, 1.807) is 6.92 Å².